The third kappa shape index (κ3) is 31.2. The molecular weight excluding hydrogens is 512 g/mol. The zero-order valence-electron chi connectivity index (χ0n) is 27.1. The van der Waals surface area contributed by atoms with Crippen LogP contribution in [0.5, 0.6) is 0 Å². The van der Waals surface area contributed by atoms with Gasteiger partial charge in [-0.15, -0.1) is 0 Å². The molecule has 1 N–H and O–H groups in total. The maximum atomic E-state index is 12.1. The van der Waals surface area contributed by atoms with Crippen molar-refractivity contribution >= 4 is 11.9 Å². The third-order valence-corrected chi connectivity index (χ3v) is 7.47. The summed E-state index contributed by atoms with van der Waals surface area (Å²) < 4.78 is 10.5. The Balaban J connectivity index is 3.59. The van der Waals surface area contributed by atoms with Gasteiger partial charge in [-0.1, -0.05) is 128 Å². The van der Waals surface area contributed by atoms with E-state index in [2.05, 4.69) is 38.2 Å². The lowest BCUT2D eigenvalue weighted by Gasteiger charge is -2.15. The van der Waals surface area contributed by atoms with Gasteiger partial charge in [-0.2, -0.15) is 0 Å². The standard InChI is InChI=1S/C36H66O5/c1-3-5-7-9-11-13-15-16-17-18-19-21-23-25-27-29-31-36(39)41-34(32-37)33-40-35(38)30-28-26-24-22-20-14-12-10-8-6-4-2/h10,12,17-18,34,37H,3-9,11,13-16,19-33H2,1-2H3/b12-10-,18-17-. The van der Waals surface area contributed by atoms with Crippen LogP contribution < -0.4 is 0 Å². The number of carbonyl (C=O) groups excluding carboxylic acids is 2. The van der Waals surface area contributed by atoms with E-state index >= 15 is 0 Å². The zero-order chi connectivity index (χ0) is 30.1. The maximum absolute atomic E-state index is 12.1. The maximum Gasteiger partial charge on any atom is 0.306 e. The molecule has 0 aliphatic heterocycles. The highest BCUT2D eigenvalue weighted by molar-refractivity contribution is 5.70. The molecule has 41 heavy (non-hydrogen) atoms. The van der Waals surface area contributed by atoms with Crippen molar-refractivity contribution in [1.82, 2.24) is 0 Å². The molecule has 0 amide bonds. The Morgan fingerprint density at radius 3 is 1.39 bits per heavy atom. The summed E-state index contributed by atoms with van der Waals surface area (Å²) in [6.07, 6.45) is 36.6. The quantitative estimate of drug-likeness (QED) is 0.0503. The monoisotopic (exact) mass is 578 g/mol. The van der Waals surface area contributed by atoms with Crippen molar-refractivity contribution in [2.24, 2.45) is 0 Å². The summed E-state index contributed by atoms with van der Waals surface area (Å²) in [6.45, 7) is 4.07. The largest absolute Gasteiger partial charge is 0.462 e. The second kappa shape index (κ2) is 32.9. The fraction of sp³-hybridized carbons (Fsp3) is 0.833. The average molecular weight is 579 g/mol. The van der Waals surface area contributed by atoms with Crippen LogP contribution in [0.2, 0.25) is 0 Å². The van der Waals surface area contributed by atoms with Crippen molar-refractivity contribution in [1.29, 1.82) is 0 Å². The Labute approximate surface area is 253 Å². The summed E-state index contributed by atoms with van der Waals surface area (Å²) in [4.78, 5) is 24.1. The van der Waals surface area contributed by atoms with Gasteiger partial charge in [0.05, 0.1) is 6.61 Å². The number of allylic oxidation sites excluding steroid dienone is 4. The number of aliphatic hydroxyl groups is 1. The van der Waals surface area contributed by atoms with Gasteiger partial charge in [0.1, 0.15) is 6.61 Å². The highest BCUT2D eigenvalue weighted by atomic mass is 16.6. The van der Waals surface area contributed by atoms with Crippen LogP contribution in [0.25, 0.3) is 0 Å². The van der Waals surface area contributed by atoms with Gasteiger partial charge in [-0.3, -0.25) is 9.59 Å². The van der Waals surface area contributed by atoms with Crippen LogP contribution in [-0.4, -0.2) is 36.4 Å². The van der Waals surface area contributed by atoms with Gasteiger partial charge in [-0.25, -0.2) is 0 Å². The molecule has 0 aromatic rings. The molecule has 0 bridgehead atoms. The van der Waals surface area contributed by atoms with E-state index in [4.69, 9.17) is 9.47 Å². The molecule has 5 nitrogen and oxygen atoms in total. The second-order valence-corrected chi connectivity index (χ2v) is 11.6. The first-order valence-electron chi connectivity index (χ1n) is 17.4. The van der Waals surface area contributed by atoms with Crippen LogP contribution in [0.15, 0.2) is 24.3 Å². The van der Waals surface area contributed by atoms with E-state index in [1.165, 1.54) is 96.3 Å². The predicted molar refractivity (Wildman–Crippen MR) is 173 cm³/mol. The smallest absolute Gasteiger partial charge is 0.306 e. The summed E-state index contributed by atoms with van der Waals surface area (Å²) in [5.41, 5.74) is 0. The van der Waals surface area contributed by atoms with E-state index in [1.807, 2.05) is 0 Å². The van der Waals surface area contributed by atoms with Crippen molar-refractivity contribution in [3.8, 4) is 0 Å². The minimum Gasteiger partial charge on any atom is -0.462 e. The summed E-state index contributed by atoms with van der Waals surface area (Å²) in [7, 11) is 0. The highest BCUT2D eigenvalue weighted by Crippen LogP contribution is 2.12. The third-order valence-electron chi connectivity index (χ3n) is 7.47. The van der Waals surface area contributed by atoms with Crippen molar-refractivity contribution < 1.29 is 24.2 Å². The minimum atomic E-state index is -0.773. The summed E-state index contributed by atoms with van der Waals surface area (Å²) in [6, 6.07) is 0. The van der Waals surface area contributed by atoms with E-state index in [-0.39, 0.29) is 25.2 Å². The molecule has 0 heterocycles. The highest BCUT2D eigenvalue weighted by Gasteiger charge is 2.16. The topological polar surface area (TPSA) is 72.8 Å². The van der Waals surface area contributed by atoms with Gasteiger partial charge in [0.2, 0.25) is 0 Å². The Bertz CT molecular complexity index is 627. The van der Waals surface area contributed by atoms with Crippen molar-refractivity contribution in [2.45, 2.75) is 180 Å². The molecule has 240 valence electrons. The first kappa shape index (κ1) is 39.4. The van der Waals surface area contributed by atoms with Gasteiger partial charge in [0.25, 0.3) is 0 Å². The summed E-state index contributed by atoms with van der Waals surface area (Å²) in [5.74, 6) is -0.611. The van der Waals surface area contributed by atoms with Crippen LogP contribution in [0.4, 0.5) is 0 Å². The Morgan fingerprint density at radius 1 is 0.537 bits per heavy atom. The van der Waals surface area contributed by atoms with E-state index in [1.54, 1.807) is 0 Å². The van der Waals surface area contributed by atoms with Crippen LogP contribution in [0.3, 0.4) is 0 Å². The van der Waals surface area contributed by atoms with Gasteiger partial charge in [0.15, 0.2) is 6.10 Å². The number of unbranched alkanes of at least 4 members (excludes halogenated alkanes) is 19. The molecule has 0 rings (SSSR count). The fourth-order valence-electron chi connectivity index (χ4n) is 4.76. The molecule has 5 heteroatoms. The van der Waals surface area contributed by atoms with Crippen LogP contribution in [0, 0.1) is 0 Å². The van der Waals surface area contributed by atoms with E-state index in [9.17, 15) is 14.7 Å². The molecule has 0 aliphatic rings. The Morgan fingerprint density at radius 2 is 0.927 bits per heavy atom. The van der Waals surface area contributed by atoms with E-state index < -0.39 is 6.10 Å². The zero-order valence-corrected chi connectivity index (χ0v) is 27.1. The van der Waals surface area contributed by atoms with Crippen molar-refractivity contribution in [3.05, 3.63) is 24.3 Å². The number of hydrogen-bond acceptors (Lipinski definition) is 5. The molecule has 1 atom stereocenters. The van der Waals surface area contributed by atoms with Crippen molar-refractivity contribution in [3.63, 3.8) is 0 Å². The predicted octanol–water partition coefficient (Wildman–Crippen LogP) is 10.3. The minimum absolute atomic E-state index is 0.0715. The molecule has 0 aliphatic carbocycles. The lowest BCUT2D eigenvalue weighted by atomic mass is 10.1. The second-order valence-electron chi connectivity index (χ2n) is 11.6. The molecule has 0 radical (unpaired) electrons. The first-order chi connectivity index (χ1) is 20.1. The molecule has 0 fully saturated rings. The lowest BCUT2D eigenvalue weighted by molar-refractivity contribution is -0.161. The lowest BCUT2D eigenvalue weighted by Crippen LogP contribution is -2.28. The van der Waals surface area contributed by atoms with Gasteiger partial charge < -0.3 is 14.6 Å². The number of aliphatic hydroxyl groups excluding tert-OH is 1. The normalized spacial score (nSPS) is 12.4. The number of hydrogen-bond donors (Lipinski definition) is 1. The number of rotatable bonds is 31. The van der Waals surface area contributed by atoms with E-state index in [0.29, 0.717) is 12.8 Å². The molecule has 1 unspecified atom stereocenters. The summed E-state index contributed by atoms with van der Waals surface area (Å²) >= 11 is 0. The van der Waals surface area contributed by atoms with Crippen molar-refractivity contribution in [2.75, 3.05) is 13.2 Å². The van der Waals surface area contributed by atoms with Gasteiger partial charge >= 0.3 is 11.9 Å². The summed E-state index contributed by atoms with van der Waals surface area (Å²) in [5, 5.41) is 9.50. The first-order valence-corrected chi connectivity index (χ1v) is 17.4. The molecule has 0 saturated heterocycles. The van der Waals surface area contributed by atoms with Gasteiger partial charge in [0, 0.05) is 12.8 Å². The van der Waals surface area contributed by atoms with E-state index in [0.717, 1.165) is 51.4 Å². The number of ether oxygens (including phenoxy) is 2. The number of esters is 2. The fourth-order valence-corrected chi connectivity index (χ4v) is 4.76. The van der Waals surface area contributed by atoms with Gasteiger partial charge in [-0.05, 0) is 57.8 Å². The number of carbonyl (C=O) groups is 2. The van der Waals surface area contributed by atoms with Crippen LogP contribution in [-0.2, 0) is 19.1 Å². The van der Waals surface area contributed by atoms with Crippen LogP contribution >= 0.6 is 0 Å². The Hall–Kier alpha value is -1.62. The molecule has 0 aromatic carbocycles. The molecule has 0 spiro atoms. The SMILES string of the molecule is CCCC/C=C\CCCCCCCC(=O)OCC(CO)OC(=O)CCCCCCC/C=C\CCCCCCCCC. The van der Waals surface area contributed by atoms with Crippen LogP contribution in [0.1, 0.15) is 174 Å². The Kier molecular flexibility index (Phi) is 31.6. The average Bonchev–Trinajstić information content (AvgIpc) is 2.97. The molecular formula is C36H66O5. The molecule has 0 aromatic heterocycles. The molecule has 0 saturated carbocycles.